The zero-order chi connectivity index (χ0) is 28.3. The van der Waals surface area contributed by atoms with Crippen LogP contribution in [0.3, 0.4) is 0 Å². The summed E-state index contributed by atoms with van der Waals surface area (Å²) in [5.74, 6) is 0.435. The van der Waals surface area contributed by atoms with E-state index in [0.717, 1.165) is 70.8 Å². The Kier molecular flexibility index (Phi) is 9.12. The number of aromatic nitrogens is 1. The van der Waals surface area contributed by atoms with E-state index < -0.39 is 0 Å². The highest BCUT2D eigenvalue weighted by atomic mass is 35.5. The van der Waals surface area contributed by atoms with Gasteiger partial charge < -0.3 is 10.2 Å². The van der Waals surface area contributed by atoms with Crippen LogP contribution in [-0.2, 0) is 6.42 Å². The molecular weight excluding hydrogens is 507 g/mol. The Balaban J connectivity index is 2.11. The van der Waals surface area contributed by atoms with Gasteiger partial charge in [0.2, 0.25) is 0 Å². The Morgan fingerprint density at radius 1 is 1.10 bits per heavy atom. The molecule has 3 aromatic rings. The van der Waals surface area contributed by atoms with Crippen molar-refractivity contribution >= 4 is 28.8 Å². The minimum absolute atomic E-state index is 0.00887. The molecule has 2 atom stereocenters. The number of pyridine rings is 1. The molecule has 6 heteroatoms. The number of amidine groups is 1. The molecule has 206 valence electrons. The number of aliphatic imine (C=N–C) groups is 1. The predicted molar refractivity (Wildman–Crippen MR) is 164 cm³/mol. The molecule has 1 aliphatic rings. The van der Waals surface area contributed by atoms with Crippen LogP contribution >= 0.6 is 11.6 Å². The van der Waals surface area contributed by atoms with Crippen LogP contribution in [0.15, 0.2) is 53.8 Å². The summed E-state index contributed by atoms with van der Waals surface area (Å²) >= 11 is 6.71. The molecule has 2 heterocycles. The van der Waals surface area contributed by atoms with E-state index in [4.69, 9.17) is 21.6 Å². The molecule has 4 nitrogen and oxygen atoms in total. The number of fused-ring (bicyclic) bond motifs is 2. The number of rotatable bonds is 6. The quantitative estimate of drug-likeness (QED) is 0.335. The third-order valence-corrected chi connectivity index (χ3v) is 8.03. The summed E-state index contributed by atoms with van der Waals surface area (Å²) in [6.45, 7) is 15.5. The van der Waals surface area contributed by atoms with E-state index in [0.29, 0.717) is 16.3 Å². The summed E-state index contributed by atoms with van der Waals surface area (Å²) in [6, 6.07) is 10.1. The maximum Gasteiger partial charge on any atom is 0.155 e. The molecule has 4 rings (SSSR count). The Hall–Kier alpha value is -3.18. The van der Waals surface area contributed by atoms with Crippen molar-refractivity contribution in [1.29, 1.82) is 0 Å². The van der Waals surface area contributed by atoms with Crippen LogP contribution in [0.2, 0.25) is 5.02 Å². The van der Waals surface area contributed by atoms with Crippen LogP contribution in [0.1, 0.15) is 81.3 Å². The number of allylic oxidation sites excluding steroid dienone is 1. The first-order chi connectivity index (χ1) is 18.7. The Morgan fingerprint density at radius 3 is 2.56 bits per heavy atom. The molecule has 1 aliphatic heterocycles. The average molecular weight is 547 g/mol. The molecule has 0 fully saturated rings. The van der Waals surface area contributed by atoms with E-state index in [1.807, 2.05) is 49.7 Å². The average Bonchev–Trinajstić information content (AvgIpc) is 2.92. The highest BCUT2D eigenvalue weighted by Crippen LogP contribution is 2.41. The highest BCUT2D eigenvalue weighted by Gasteiger charge is 2.28. The van der Waals surface area contributed by atoms with Gasteiger partial charge in [0.1, 0.15) is 5.84 Å². The molecule has 0 bridgehead atoms. The van der Waals surface area contributed by atoms with Gasteiger partial charge in [-0.3, -0.25) is 4.98 Å². The number of nitrogens with one attached hydrogen (secondary N) is 1. The third kappa shape index (κ3) is 5.60. The van der Waals surface area contributed by atoms with Crippen LogP contribution in [-0.4, -0.2) is 28.3 Å². The molecule has 0 saturated carbocycles. The van der Waals surface area contributed by atoms with Gasteiger partial charge in [-0.05, 0) is 81.1 Å². The summed E-state index contributed by atoms with van der Waals surface area (Å²) in [7, 11) is 0. The van der Waals surface area contributed by atoms with Gasteiger partial charge in [0.25, 0.3) is 0 Å². The number of halogens is 2. The van der Waals surface area contributed by atoms with Crippen molar-refractivity contribution in [2.45, 2.75) is 79.7 Å². The van der Waals surface area contributed by atoms with E-state index in [2.05, 4.69) is 57.8 Å². The standard InChI is InChI=1S/C33H40ClFN4/c1-8-18-39(23(7)9-2)33-25-19-22(6)27(28-24(10-3)12-11-13-26(28)34)29(35)32(25)37-17-14-20(4)30-31(38-33)21(5)15-16-36-30/h11-17,19-20,23,37H,8-10,18H2,1-7H3/b17-14-,38-33+/t20?,23-/m0/s1. The second-order valence-electron chi connectivity index (χ2n) is 10.5. The smallest absolute Gasteiger partial charge is 0.155 e. The lowest BCUT2D eigenvalue weighted by Gasteiger charge is -2.33. The number of anilines is 1. The fourth-order valence-electron chi connectivity index (χ4n) is 5.34. The second-order valence-corrected chi connectivity index (χ2v) is 10.9. The first-order valence-corrected chi connectivity index (χ1v) is 14.5. The van der Waals surface area contributed by atoms with Crippen LogP contribution in [0.5, 0.6) is 0 Å². The van der Waals surface area contributed by atoms with Gasteiger partial charge in [-0.25, -0.2) is 9.38 Å². The molecule has 0 saturated heterocycles. The normalized spacial score (nSPS) is 17.8. The number of hydrogen-bond donors (Lipinski definition) is 1. The van der Waals surface area contributed by atoms with Gasteiger partial charge in [0, 0.05) is 46.4 Å². The minimum atomic E-state index is -0.317. The monoisotopic (exact) mass is 546 g/mol. The van der Waals surface area contributed by atoms with Gasteiger partial charge >= 0.3 is 0 Å². The lowest BCUT2D eigenvalue weighted by atomic mass is 9.91. The predicted octanol–water partition coefficient (Wildman–Crippen LogP) is 9.35. The van der Waals surface area contributed by atoms with Crippen LogP contribution < -0.4 is 5.32 Å². The van der Waals surface area contributed by atoms with Crippen molar-refractivity contribution in [3.63, 3.8) is 0 Å². The molecule has 39 heavy (non-hydrogen) atoms. The summed E-state index contributed by atoms with van der Waals surface area (Å²) in [5, 5.41) is 3.87. The summed E-state index contributed by atoms with van der Waals surface area (Å²) < 4.78 is 16.9. The van der Waals surface area contributed by atoms with Crippen molar-refractivity contribution in [2.24, 2.45) is 4.99 Å². The molecule has 2 aromatic carbocycles. The number of nitrogens with zero attached hydrogens (tertiary/aromatic N) is 3. The maximum atomic E-state index is 16.9. The molecule has 1 unspecified atom stereocenters. The summed E-state index contributed by atoms with van der Waals surface area (Å²) in [6.07, 6.45) is 8.33. The van der Waals surface area contributed by atoms with Crippen molar-refractivity contribution in [1.82, 2.24) is 9.88 Å². The highest BCUT2D eigenvalue weighted by molar-refractivity contribution is 6.33. The van der Waals surface area contributed by atoms with E-state index in [9.17, 15) is 0 Å². The van der Waals surface area contributed by atoms with Gasteiger partial charge in [-0.2, -0.15) is 0 Å². The topological polar surface area (TPSA) is 40.5 Å². The molecular formula is C33H40ClFN4. The summed E-state index contributed by atoms with van der Waals surface area (Å²) in [4.78, 5) is 12.4. The van der Waals surface area contributed by atoms with Crippen molar-refractivity contribution < 1.29 is 4.39 Å². The van der Waals surface area contributed by atoms with Gasteiger partial charge in [-0.1, -0.05) is 57.5 Å². The number of aryl methyl sites for hydroxylation is 3. The molecule has 0 aliphatic carbocycles. The Bertz CT molecular complexity index is 1410. The van der Waals surface area contributed by atoms with Gasteiger partial charge in [-0.15, -0.1) is 0 Å². The minimum Gasteiger partial charge on any atom is -0.359 e. The SMILES string of the molecule is CCCN(/C1=N/c2c(C)ccnc2C(C)/C=C\Nc2c1cc(C)c(-c1c(Cl)cccc1CC)c2F)[C@@H](C)CC. The zero-order valence-electron chi connectivity index (χ0n) is 24.2. The Labute approximate surface area is 238 Å². The van der Waals surface area contributed by atoms with E-state index in [-0.39, 0.29) is 17.8 Å². The molecule has 1 aromatic heterocycles. The van der Waals surface area contributed by atoms with E-state index in [1.54, 1.807) is 0 Å². The fourth-order valence-corrected chi connectivity index (χ4v) is 5.63. The van der Waals surface area contributed by atoms with Crippen LogP contribution in [0.25, 0.3) is 11.1 Å². The van der Waals surface area contributed by atoms with Crippen molar-refractivity contribution in [3.05, 3.63) is 87.6 Å². The lowest BCUT2D eigenvalue weighted by Crippen LogP contribution is -2.40. The molecule has 0 spiro atoms. The van der Waals surface area contributed by atoms with E-state index in [1.165, 1.54) is 0 Å². The van der Waals surface area contributed by atoms with Crippen molar-refractivity contribution in [2.75, 3.05) is 11.9 Å². The first kappa shape index (κ1) is 28.8. The lowest BCUT2D eigenvalue weighted by molar-refractivity contribution is 0.323. The first-order valence-electron chi connectivity index (χ1n) is 14.1. The number of benzene rings is 2. The second kappa shape index (κ2) is 12.3. The molecule has 1 N–H and O–H groups in total. The maximum absolute atomic E-state index is 16.9. The zero-order valence-corrected chi connectivity index (χ0v) is 25.0. The summed E-state index contributed by atoms with van der Waals surface area (Å²) in [5.41, 5.74) is 7.08. The van der Waals surface area contributed by atoms with Crippen LogP contribution in [0, 0.1) is 19.7 Å². The van der Waals surface area contributed by atoms with Gasteiger partial charge in [0.15, 0.2) is 5.82 Å². The fraction of sp³-hybridized carbons (Fsp3) is 0.394. The van der Waals surface area contributed by atoms with E-state index >= 15 is 4.39 Å². The van der Waals surface area contributed by atoms with Crippen molar-refractivity contribution in [3.8, 4) is 11.1 Å². The van der Waals surface area contributed by atoms with Crippen LogP contribution in [0.4, 0.5) is 15.8 Å². The number of hydrogen-bond acceptors (Lipinski definition) is 4. The largest absolute Gasteiger partial charge is 0.359 e. The third-order valence-electron chi connectivity index (χ3n) is 7.71. The Morgan fingerprint density at radius 2 is 1.87 bits per heavy atom. The molecule has 0 amide bonds. The van der Waals surface area contributed by atoms with Gasteiger partial charge in [0.05, 0.1) is 17.1 Å². The molecule has 0 radical (unpaired) electrons.